The van der Waals surface area contributed by atoms with Gasteiger partial charge in [-0.15, -0.1) is 0 Å². The van der Waals surface area contributed by atoms with Crippen LogP contribution in [-0.4, -0.2) is 59.6 Å². The van der Waals surface area contributed by atoms with Gasteiger partial charge in [0, 0.05) is 34.7 Å². The van der Waals surface area contributed by atoms with Crippen molar-refractivity contribution in [2.45, 2.75) is 40.0 Å². The highest BCUT2D eigenvalue weighted by atomic mass is 32.2. The summed E-state index contributed by atoms with van der Waals surface area (Å²) in [6, 6.07) is 2.49. The number of Topliss-reactive ketones (excluding diaryl/α,β-unsaturated/α-hetero) is 1. The van der Waals surface area contributed by atoms with E-state index in [1.165, 1.54) is 13.2 Å². The third-order valence-electron chi connectivity index (χ3n) is 6.53. The van der Waals surface area contributed by atoms with Crippen LogP contribution in [0.2, 0.25) is 0 Å². The molecule has 1 heterocycles. The first-order valence-electron chi connectivity index (χ1n) is 12.3. The molecule has 38 heavy (non-hydrogen) atoms. The number of hydrogen-bond donors (Lipinski definition) is 2. The molecule has 0 fully saturated rings. The molecule has 1 aromatic rings. The van der Waals surface area contributed by atoms with E-state index >= 15 is 0 Å². The minimum Gasteiger partial charge on any atom is -0.500 e. The third kappa shape index (κ3) is 5.64. The summed E-state index contributed by atoms with van der Waals surface area (Å²) in [6.45, 7) is 7.28. The molecule has 0 amide bonds. The number of phenols is 1. The average Bonchev–Trinajstić information content (AvgIpc) is 2.86. The Labute approximate surface area is 224 Å². The summed E-state index contributed by atoms with van der Waals surface area (Å²) in [5.41, 5.74) is 0.676. The van der Waals surface area contributed by atoms with Crippen LogP contribution in [0.25, 0.3) is 0 Å². The highest BCUT2D eigenvalue weighted by molar-refractivity contribution is 7.99. The van der Waals surface area contributed by atoms with E-state index in [-0.39, 0.29) is 41.6 Å². The number of allylic oxidation sites excluding steroid dienone is 3. The van der Waals surface area contributed by atoms with Gasteiger partial charge in [0.25, 0.3) is 0 Å². The number of esters is 2. The fourth-order valence-corrected chi connectivity index (χ4v) is 5.37. The topological polar surface area (TPSA) is 154 Å². The van der Waals surface area contributed by atoms with Crippen molar-refractivity contribution in [2.75, 3.05) is 31.8 Å². The number of aromatic hydroxyl groups is 1. The van der Waals surface area contributed by atoms with E-state index in [0.29, 0.717) is 23.6 Å². The monoisotopic (exact) mass is 548 g/mol. The lowest BCUT2D eigenvalue weighted by molar-refractivity contribution is -0.386. The van der Waals surface area contributed by atoms with Crippen LogP contribution >= 0.6 is 11.8 Å². The molecule has 0 saturated heterocycles. The van der Waals surface area contributed by atoms with Gasteiger partial charge in [0.1, 0.15) is 12.5 Å². The van der Waals surface area contributed by atoms with Crippen LogP contribution < -0.4 is 10.1 Å². The molecule has 0 saturated carbocycles. The highest BCUT2D eigenvalue weighted by Crippen LogP contribution is 2.48. The van der Waals surface area contributed by atoms with Crippen LogP contribution in [-0.2, 0) is 23.9 Å². The first-order chi connectivity index (χ1) is 18.1. The van der Waals surface area contributed by atoms with E-state index < -0.39 is 45.9 Å². The van der Waals surface area contributed by atoms with Crippen molar-refractivity contribution < 1.29 is 38.6 Å². The fourth-order valence-electron chi connectivity index (χ4n) is 4.88. The lowest BCUT2D eigenvalue weighted by Gasteiger charge is -2.38. The fraction of sp³-hybridized carbons (Fsp3) is 0.500. The Morgan fingerprint density at radius 1 is 1.29 bits per heavy atom. The minimum absolute atomic E-state index is 0.0826. The average molecular weight is 549 g/mol. The van der Waals surface area contributed by atoms with Gasteiger partial charge in [0.2, 0.25) is 5.75 Å². The van der Waals surface area contributed by atoms with Crippen LogP contribution in [0, 0.1) is 22.0 Å². The summed E-state index contributed by atoms with van der Waals surface area (Å²) < 4.78 is 15.9. The van der Waals surface area contributed by atoms with E-state index in [0.717, 1.165) is 11.8 Å². The van der Waals surface area contributed by atoms with Crippen molar-refractivity contribution in [1.82, 2.24) is 5.32 Å². The van der Waals surface area contributed by atoms with E-state index in [2.05, 4.69) is 5.32 Å². The zero-order chi connectivity index (χ0) is 28.1. The summed E-state index contributed by atoms with van der Waals surface area (Å²) in [6.07, 6.45) is 0.308. The van der Waals surface area contributed by atoms with Crippen molar-refractivity contribution in [1.29, 1.82) is 0 Å². The molecule has 0 aromatic heterocycles. The number of ether oxygens (including phenoxy) is 3. The number of nitro groups is 1. The molecule has 1 aliphatic carbocycles. The molecule has 0 radical (unpaired) electrons. The second-order valence-electron chi connectivity index (χ2n) is 8.95. The first kappa shape index (κ1) is 29.0. The number of carbonyl (C=O) groups is 3. The molecule has 3 atom stereocenters. The van der Waals surface area contributed by atoms with Crippen molar-refractivity contribution in [3.05, 3.63) is 50.4 Å². The Morgan fingerprint density at radius 3 is 2.61 bits per heavy atom. The SMILES string of the molecule is CCOc1cc(C2C(C(=O)OCCSCC)=C(C)NC3=C2C(=O)C(C(=O)OC)C(C)C3)cc([N+](=O)[O-])c1O. The Kier molecular flexibility index (Phi) is 9.42. The van der Waals surface area contributed by atoms with Crippen LogP contribution in [0.15, 0.2) is 34.7 Å². The quantitative estimate of drug-likeness (QED) is 0.145. The van der Waals surface area contributed by atoms with Gasteiger partial charge in [-0.3, -0.25) is 19.7 Å². The summed E-state index contributed by atoms with van der Waals surface area (Å²) in [5.74, 6) is -3.96. The second kappa shape index (κ2) is 12.3. The van der Waals surface area contributed by atoms with Crippen LogP contribution in [0.1, 0.15) is 45.6 Å². The molecule has 2 aliphatic rings. The second-order valence-corrected chi connectivity index (χ2v) is 10.3. The van der Waals surface area contributed by atoms with Gasteiger partial charge in [0.15, 0.2) is 11.5 Å². The molecular weight excluding hydrogens is 516 g/mol. The van der Waals surface area contributed by atoms with E-state index in [1.807, 2.05) is 6.92 Å². The summed E-state index contributed by atoms with van der Waals surface area (Å²) >= 11 is 1.59. The summed E-state index contributed by atoms with van der Waals surface area (Å²) in [4.78, 5) is 50.8. The molecule has 2 N–H and O–H groups in total. The predicted octanol–water partition coefficient (Wildman–Crippen LogP) is 3.61. The van der Waals surface area contributed by atoms with E-state index in [4.69, 9.17) is 14.2 Å². The van der Waals surface area contributed by atoms with Gasteiger partial charge < -0.3 is 24.6 Å². The Balaban J connectivity index is 2.24. The van der Waals surface area contributed by atoms with Crippen molar-refractivity contribution >= 4 is 35.2 Å². The van der Waals surface area contributed by atoms with Gasteiger partial charge in [0.05, 0.1) is 24.2 Å². The van der Waals surface area contributed by atoms with Gasteiger partial charge in [-0.1, -0.05) is 13.8 Å². The maximum atomic E-state index is 13.8. The molecule has 12 heteroatoms. The number of benzene rings is 1. The molecule has 1 aromatic carbocycles. The van der Waals surface area contributed by atoms with Gasteiger partial charge >= 0.3 is 17.6 Å². The molecule has 1 aliphatic heterocycles. The molecule has 3 unspecified atom stereocenters. The highest BCUT2D eigenvalue weighted by Gasteiger charge is 2.47. The number of nitro benzene ring substituents is 1. The number of methoxy groups -OCH3 is 1. The van der Waals surface area contributed by atoms with Crippen LogP contribution in [0.5, 0.6) is 11.5 Å². The molecule has 3 rings (SSSR count). The molecule has 0 spiro atoms. The number of carbonyl (C=O) groups excluding carboxylic acids is 3. The normalized spacial score (nSPS) is 21.0. The Morgan fingerprint density at radius 2 is 2.00 bits per heavy atom. The third-order valence-corrected chi connectivity index (χ3v) is 7.40. The minimum atomic E-state index is -1.11. The van der Waals surface area contributed by atoms with E-state index in [9.17, 15) is 29.6 Å². The standard InChI is InChI=1S/C26H32N2O9S/c1-6-36-18-12-15(11-17(23(18)29)28(33)34)21-20(26(32)37-8-9-38-7-2)14(4)27-16-10-13(3)19(25(31)35-5)24(30)22(16)21/h11-13,19,21,27,29H,6-10H2,1-5H3. The maximum absolute atomic E-state index is 13.8. The molecule has 206 valence electrons. The lowest BCUT2D eigenvalue weighted by Crippen LogP contribution is -2.43. The van der Waals surface area contributed by atoms with Crippen molar-refractivity contribution in [3.63, 3.8) is 0 Å². The van der Waals surface area contributed by atoms with Gasteiger partial charge in [-0.25, -0.2) is 4.79 Å². The molecule has 11 nitrogen and oxygen atoms in total. The van der Waals surface area contributed by atoms with Gasteiger partial charge in [-0.05, 0) is 43.6 Å². The number of nitrogens with zero attached hydrogens (tertiary/aromatic N) is 1. The Hall–Kier alpha value is -3.54. The number of thioether (sulfide) groups is 1. The smallest absolute Gasteiger partial charge is 0.336 e. The number of dihydropyridines is 1. The summed E-state index contributed by atoms with van der Waals surface area (Å²) in [7, 11) is 1.20. The number of ketones is 1. The largest absolute Gasteiger partial charge is 0.500 e. The predicted molar refractivity (Wildman–Crippen MR) is 140 cm³/mol. The number of hydrogen-bond acceptors (Lipinski definition) is 11. The van der Waals surface area contributed by atoms with Crippen molar-refractivity contribution in [2.24, 2.45) is 11.8 Å². The van der Waals surface area contributed by atoms with Crippen LogP contribution in [0.4, 0.5) is 5.69 Å². The van der Waals surface area contributed by atoms with Crippen LogP contribution in [0.3, 0.4) is 0 Å². The van der Waals surface area contributed by atoms with Crippen molar-refractivity contribution in [3.8, 4) is 11.5 Å². The number of phenolic OH excluding ortho intramolecular Hbond substituents is 1. The lowest BCUT2D eigenvalue weighted by atomic mass is 9.69. The maximum Gasteiger partial charge on any atom is 0.336 e. The number of rotatable bonds is 10. The summed E-state index contributed by atoms with van der Waals surface area (Å²) in [5, 5.41) is 25.4. The zero-order valence-electron chi connectivity index (χ0n) is 22.0. The van der Waals surface area contributed by atoms with E-state index in [1.54, 1.807) is 32.5 Å². The first-order valence-corrected chi connectivity index (χ1v) is 13.4. The zero-order valence-corrected chi connectivity index (χ0v) is 22.8. The number of nitrogens with one attached hydrogen (secondary N) is 1. The van der Waals surface area contributed by atoms with Gasteiger partial charge in [-0.2, -0.15) is 11.8 Å². The molecular formula is C26H32N2O9S. The Bertz CT molecular complexity index is 1210. The molecule has 0 bridgehead atoms.